The first-order chi connectivity index (χ1) is 11.7. The van der Waals surface area contributed by atoms with E-state index in [0.717, 1.165) is 17.1 Å². The highest BCUT2D eigenvalue weighted by atomic mass is 35.5. The zero-order valence-electron chi connectivity index (χ0n) is 13.2. The van der Waals surface area contributed by atoms with Gasteiger partial charge >= 0.3 is 0 Å². The van der Waals surface area contributed by atoms with Crippen molar-refractivity contribution in [1.82, 2.24) is 15.2 Å². The Balaban J connectivity index is 1.72. The van der Waals surface area contributed by atoms with E-state index < -0.39 is 0 Å². The maximum Gasteiger partial charge on any atom is 0.209 e. The van der Waals surface area contributed by atoms with Crippen molar-refractivity contribution in [3.8, 4) is 22.9 Å². The Kier molecular flexibility index (Phi) is 5.27. The molecule has 1 aromatic heterocycles. The largest absolute Gasteiger partial charge is 0.497 e. The molecular formula is C17H16ClN3O2S. The fourth-order valence-corrected chi connectivity index (χ4v) is 3.09. The van der Waals surface area contributed by atoms with Gasteiger partial charge in [0.15, 0.2) is 5.82 Å². The lowest BCUT2D eigenvalue weighted by Gasteiger charge is -2.05. The van der Waals surface area contributed by atoms with Gasteiger partial charge in [-0.1, -0.05) is 35.5 Å². The summed E-state index contributed by atoms with van der Waals surface area (Å²) in [6.07, 6.45) is 0. The highest BCUT2D eigenvalue weighted by molar-refractivity contribution is 7.98. The van der Waals surface area contributed by atoms with Gasteiger partial charge in [-0.05, 0) is 35.9 Å². The van der Waals surface area contributed by atoms with Crippen LogP contribution >= 0.6 is 23.4 Å². The first-order valence-electron chi connectivity index (χ1n) is 7.21. The molecule has 0 unspecified atom stereocenters. The summed E-state index contributed by atoms with van der Waals surface area (Å²) in [5.74, 6) is 2.94. The molecular weight excluding hydrogens is 346 g/mol. The number of rotatable bonds is 6. The van der Waals surface area contributed by atoms with E-state index in [-0.39, 0.29) is 0 Å². The number of aromatic nitrogens is 3. The summed E-state index contributed by atoms with van der Waals surface area (Å²) in [5.41, 5.74) is 1.96. The van der Waals surface area contributed by atoms with Crippen LogP contribution in [0.1, 0.15) is 5.56 Å². The molecule has 0 aliphatic rings. The summed E-state index contributed by atoms with van der Waals surface area (Å²) in [7, 11) is 3.27. The third-order valence-corrected chi connectivity index (χ3v) is 4.56. The van der Waals surface area contributed by atoms with Crippen molar-refractivity contribution in [3.05, 3.63) is 53.1 Å². The van der Waals surface area contributed by atoms with E-state index in [1.807, 2.05) is 30.3 Å². The number of ether oxygens (including phenoxy) is 2. The van der Waals surface area contributed by atoms with Crippen LogP contribution in [0.15, 0.2) is 47.6 Å². The zero-order valence-corrected chi connectivity index (χ0v) is 14.8. The normalized spacial score (nSPS) is 10.6. The van der Waals surface area contributed by atoms with Crippen LogP contribution in [-0.4, -0.2) is 29.4 Å². The van der Waals surface area contributed by atoms with Crippen LogP contribution in [-0.2, 0) is 5.75 Å². The van der Waals surface area contributed by atoms with Crippen LogP contribution < -0.4 is 9.47 Å². The SMILES string of the molecule is COc1ccc(CSc2n[nH]c(-c3cc(Cl)ccc3OC)n2)cc1. The molecule has 7 heteroatoms. The van der Waals surface area contributed by atoms with E-state index in [2.05, 4.69) is 15.2 Å². The second-order valence-corrected chi connectivity index (χ2v) is 6.33. The van der Waals surface area contributed by atoms with Crippen molar-refractivity contribution >= 4 is 23.4 Å². The number of hydrogen-bond acceptors (Lipinski definition) is 5. The molecule has 24 heavy (non-hydrogen) atoms. The fraction of sp³-hybridized carbons (Fsp3) is 0.176. The predicted molar refractivity (Wildman–Crippen MR) is 95.9 cm³/mol. The molecule has 0 amide bonds. The van der Waals surface area contributed by atoms with Gasteiger partial charge in [0, 0.05) is 10.8 Å². The smallest absolute Gasteiger partial charge is 0.209 e. The Labute approximate surface area is 149 Å². The first kappa shape index (κ1) is 16.7. The summed E-state index contributed by atoms with van der Waals surface area (Å²) < 4.78 is 10.5. The lowest BCUT2D eigenvalue weighted by Crippen LogP contribution is -1.89. The van der Waals surface area contributed by atoms with E-state index >= 15 is 0 Å². The lowest BCUT2D eigenvalue weighted by molar-refractivity contribution is 0.414. The molecule has 0 saturated heterocycles. The van der Waals surface area contributed by atoms with E-state index in [1.165, 1.54) is 5.56 Å². The van der Waals surface area contributed by atoms with Gasteiger partial charge in [-0.3, -0.25) is 5.10 Å². The minimum Gasteiger partial charge on any atom is -0.497 e. The van der Waals surface area contributed by atoms with Crippen LogP contribution in [0.4, 0.5) is 0 Å². The Morgan fingerprint density at radius 3 is 2.58 bits per heavy atom. The molecule has 5 nitrogen and oxygen atoms in total. The molecule has 0 spiro atoms. The van der Waals surface area contributed by atoms with Gasteiger partial charge in [0.25, 0.3) is 0 Å². The highest BCUT2D eigenvalue weighted by Crippen LogP contribution is 2.31. The summed E-state index contributed by atoms with van der Waals surface area (Å²) in [4.78, 5) is 4.51. The molecule has 3 aromatic rings. The van der Waals surface area contributed by atoms with Crippen LogP contribution in [0, 0.1) is 0 Å². The Hall–Kier alpha value is -2.18. The van der Waals surface area contributed by atoms with Gasteiger partial charge in [-0.15, -0.1) is 5.10 Å². The van der Waals surface area contributed by atoms with Crippen molar-refractivity contribution in [1.29, 1.82) is 0 Å². The quantitative estimate of drug-likeness (QED) is 0.658. The Bertz CT molecular complexity index is 821. The lowest BCUT2D eigenvalue weighted by atomic mass is 10.2. The van der Waals surface area contributed by atoms with Crippen molar-refractivity contribution in [3.63, 3.8) is 0 Å². The van der Waals surface area contributed by atoms with Gasteiger partial charge < -0.3 is 9.47 Å². The second kappa shape index (κ2) is 7.59. The third-order valence-electron chi connectivity index (χ3n) is 3.41. The summed E-state index contributed by atoms with van der Waals surface area (Å²) in [6, 6.07) is 13.3. The molecule has 124 valence electrons. The van der Waals surface area contributed by atoms with Crippen molar-refractivity contribution in [2.45, 2.75) is 10.9 Å². The van der Waals surface area contributed by atoms with Crippen molar-refractivity contribution < 1.29 is 9.47 Å². The average Bonchev–Trinajstić information content (AvgIpc) is 3.09. The minimum absolute atomic E-state index is 0.620. The first-order valence-corrected chi connectivity index (χ1v) is 8.58. The molecule has 0 bridgehead atoms. The number of benzene rings is 2. The molecule has 3 rings (SSSR count). The standard InChI is InChI=1S/C17H16ClN3O2S/c1-22-13-6-3-11(4-7-13)10-24-17-19-16(20-21-17)14-9-12(18)5-8-15(14)23-2/h3-9H,10H2,1-2H3,(H,19,20,21). The highest BCUT2D eigenvalue weighted by Gasteiger charge is 2.12. The molecule has 0 atom stereocenters. The number of thioether (sulfide) groups is 1. The van der Waals surface area contributed by atoms with Gasteiger partial charge in [0.1, 0.15) is 11.5 Å². The predicted octanol–water partition coefficient (Wildman–Crippen LogP) is 4.43. The molecule has 0 saturated carbocycles. The van der Waals surface area contributed by atoms with E-state index in [9.17, 15) is 0 Å². The number of nitrogens with one attached hydrogen (secondary N) is 1. The second-order valence-electron chi connectivity index (χ2n) is 4.95. The van der Waals surface area contributed by atoms with Crippen LogP contribution in [0.2, 0.25) is 5.02 Å². The number of halogens is 1. The monoisotopic (exact) mass is 361 g/mol. The van der Waals surface area contributed by atoms with Crippen LogP contribution in [0.5, 0.6) is 11.5 Å². The number of hydrogen-bond donors (Lipinski definition) is 1. The van der Waals surface area contributed by atoms with Gasteiger partial charge in [0.05, 0.1) is 19.8 Å². The van der Waals surface area contributed by atoms with E-state index in [1.54, 1.807) is 38.1 Å². The number of nitrogens with zero attached hydrogens (tertiary/aromatic N) is 2. The maximum absolute atomic E-state index is 6.06. The molecule has 2 aromatic carbocycles. The number of methoxy groups -OCH3 is 2. The Morgan fingerprint density at radius 2 is 1.88 bits per heavy atom. The van der Waals surface area contributed by atoms with Crippen molar-refractivity contribution in [2.75, 3.05) is 14.2 Å². The summed E-state index contributed by atoms with van der Waals surface area (Å²) in [5, 5.41) is 8.48. The van der Waals surface area contributed by atoms with Gasteiger partial charge in [0.2, 0.25) is 5.16 Å². The van der Waals surface area contributed by atoms with Crippen LogP contribution in [0.3, 0.4) is 0 Å². The number of H-pyrrole nitrogens is 1. The molecule has 1 N–H and O–H groups in total. The molecule has 0 aliphatic carbocycles. The van der Waals surface area contributed by atoms with E-state index in [0.29, 0.717) is 21.8 Å². The molecule has 1 heterocycles. The maximum atomic E-state index is 6.06. The zero-order chi connectivity index (χ0) is 16.9. The summed E-state index contributed by atoms with van der Waals surface area (Å²) >= 11 is 7.62. The van der Waals surface area contributed by atoms with Crippen LogP contribution in [0.25, 0.3) is 11.4 Å². The molecule has 0 radical (unpaired) electrons. The molecule has 0 fully saturated rings. The van der Waals surface area contributed by atoms with Crippen molar-refractivity contribution in [2.24, 2.45) is 0 Å². The van der Waals surface area contributed by atoms with Gasteiger partial charge in [-0.25, -0.2) is 4.98 Å². The fourth-order valence-electron chi connectivity index (χ4n) is 2.17. The number of aromatic amines is 1. The third kappa shape index (κ3) is 3.83. The average molecular weight is 362 g/mol. The van der Waals surface area contributed by atoms with E-state index in [4.69, 9.17) is 21.1 Å². The molecule has 0 aliphatic heterocycles. The topological polar surface area (TPSA) is 60.0 Å². The Morgan fingerprint density at radius 1 is 1.08 bits per heavy atom. The van der Waals surface area contributed by atoms with Gasteiger partial charge in [-0.2, -0.15) is 0 Å². The summed E-state index contributed by atoms with van der Waals surface area (Å²) in [6.45, 7) is 0. The minimum atomic E-state index is 0.620.